The van der Waals surface area contributed by atoms with E-state index in [-0.39, 0.29) is 0 Å². The first-order valence-electron chi connectivity index (χ1n) is 5.48. The third-order valence-corrected chi connectivity index (χ3v) is 2.71. The van der Waals surface area contributed by atoms with Crippen LogP contribution in [-0.4, -0.2) is 9.97 Å². The maximum atomic E-state index is 5.96. The number of aryl methyl sites for hydroxylation is 3. The van der Waals surface area contributed by atoms with Crippen molar-refractivity contribution in [1.82, 2.24) is 9.97 Å². The molecule has 0 fully saturated rings. The summed E-state index contributed by atoms with van der Waals surface area (Å²) in [6.07, 6.45) is 3.42. The molecule has 88 valence electrons. The van der Waals surface area contributed by atoms with Gasteiger partial charge in [-0.3, -0.25) is 4.98 Å². The van der Waals surface area contributed by atoms with Gasteiger partial charge in [0.1, 0.15) is 5.82 Å². The number of nitrogen functional groups attached to an aromatic ring is 1. The average molecular weight is 228 g/mol. The molecule has 2 aromatic rings. The zero-order chi connectivity index (χ0) is 12.4. The Morgan fingerprint density at radius 1 is 1.00 bits per heavy atom. The van der Waals surface area contributed by atoms with Gasteiger partial charge in [-0.05, 0) is 44.0 Å². The molecule has 1 heterocycles. The molecular weight excluding hydrogens is 212 g/mol. The van der Waals surface area contributed by atoms with E-state index in [0.29, 0.717) is 5.82 Å². The third-order valence-electron chi connectivity index (χ3n) is 2.71. The maximum absolute atomic E-state index is 5.96. The highest BCUT2D eigenvalue weighted by molar-refractivity contribution is 5.72. The van der Waals surface area contributed by atoms with Crippen molar-refractivity contribution in [1.29, 1.82) is 0 Å². The smallest absolute Gasteiger partial charge is 0.148 e. The lowest BCUT2D eigenvalue weighted by atomic mass is 10.1. The molecule has 0 aliphatic heterocycles. The lowest BCUT2D eigenvalue weighted by Gasteiger charge is -2.11. The first-order chi connectivity index (χ1) is 8.06. The van der Waals surface area contributed by atoms with E-state index in [2.05, 4.69) is 22.2 Å². The Hall–Kier alpha value is -2.10. The fourth-order valence-corrected chi connectivity index (χ4v) is 1.54. The summed E-state index contributed by atoms with van der Waals surface area (Å²) in [5.41, 5.74) is 10.8. The predicted octanol–water partition coefficient (Wildman–Crippen LogP) is 2.73. The van der Waals surface area contributed by atoms with Crippen molar-refractivity contribution in [2.24, 2.45) is 0 Å². The molecule has 1 aromatic carbocycles. The van der Waals surface area contributed by atoms with Crippen LogP contribution >= 0.6 is 0 Å². The van der Waals surface area contributed by atoms with E-state index in [1.54, 1.807) is 12.4 Å². The van der Waals surface area contributed by atoms with E-state index in [9.17, 15) is 0 Å². The van der Waals surface area contributed by atoms with Gasteiger partial charge in [-0.25, -0.2) is 4.98 Å². The summed E-state index contributed by atoms with van der Waals surface area (Å²) in [7, 11) is 0. The highest BCUT2D eigenvalue weighted by atomic mass is 15.0. The Bertz CT molecular complexity index is 532. The van der Waals surface area contributed by atoms with Crippen molar-refractivity contribution in [2.75, 3.05) is 11.1 Å². The molecule has 0 spiro atoms. The summed E-state index contributed by atoms with van der Waals surface area (Å²) in [6, 6.07) is 3.98. The second-order valence-electron chi connectivity index (χ2n) is 4.19. The number of nitrogens with zero attached hydrogens (tertiary/aromatic N) is 2. The molecule has 0 unspecified atom stereocenters. The van der Waals surface area contributed by atoms with Crippen LogP contribution in [-0.2, 0) is 0 Å². The van der Waals surface area contributed by atoms with E-state index in [1.807, 2.05) is 26.0 Å². The van der Waals surface area contributed by atoms with Gasteiger partial charge in [0, 0.05) is 0 Å². The lowest BCUT2D eigenvalue weighted by Crippen LogP contribution is -2.00. The first-order valence-corrected chi connectivity index (χ1v) is 5.48. The first kappa shape index (κ1) is 11.4. The van der Waals surface area contributed by atoms with Crippen molar-refractivity contribution in [2.45, 2.75) is 20.8 Å². The Labute approximate surface area is 101 Å². The Kier molecular flexibility index (Phi) is 2.95. The maximum Gasteiger partial charge on any atom is 0.148 e. The van der Waals surface area contributed by atoms with Crippen LogP contribution in [0.15, 0.2) is 24.5 Å². The van der Waals surface area contributed by atoms with Crippen molar-refractivity contribution in [3.8, 4) is 0 Å². The van der Waals surface area contributed by atoms with Crippen molar-refractivity contribution in [3.05, 3.63) is 41.3 Å². The van der Waals surface area contributed by atoms with E-state index >= 15 is 0 Å². The van der Waals surface area contributed by atoms with Gasteiger partial charge in [0.25, 0.3) is 0 Å². The quantitative estimate of drug-likeness (QED) is 0.776. The van der Waals surface area contributed by atoms with Crippen molar-refractivity contribution >= 4 is 17.2 Å². The molecule has 4 heteroatoms. The number of benzene rings is 1. The van der Waals surface area contributed by atoms with Gasteiger partial charge in [-0.1, -0.05) is 0 Å². The van der Waals surface area contributed by atoms with Gasteiger partial charge in [0.2, 0.25) is 0 Å². The molecule has 0 radical (unpaired) electrons. The van der Waals surface area contributed by atoms with Gasteiger partial charge in [0.05, 0.1) is 29.5 Å². The molecule has 3 N–H and O–H groups in total. The molecule has 0 amide bonds. The molecule has 4 nitrogen and oxygen atoms in total. The molecule has 0 bridgehead atoms. The SMILES string of the molecule is Cc1cnc(Nc2cc(C)c(C)cc2N)cn1. The molecule has 0 saturated carbocycles. The van der Waals surface area contributed by atoms with Gasteiger partial charge in [-0.15, -0.1) is 0 Å². The Morgan fingerprint density at radius 3 is 2.35 bits per heavy atom. The number of nitrogens with one attached hydrogen (secondary N) is 1. The fraction of sp³-hybridized carbons (Fsp3) is 0.231. The second kappa shape index (κ2) is 4.41. The predicted molar refractivity (Wildman–Crippen MR) is 70.4 cm³/mol. The van der Waals surface area contributed by atoms with Crippen LogP contribution in [0.3, 0.4) is 0 Å². The highest BCUT2D eigenvalue weighted by Gasteiger charge is 2.03. The largest absolute Gasteiger partial charge is 0.397 e. The third kappa shape index (κ3) is 2.53. The molecule has 2 rings (SSSR count). The van der Waals surface area contributed by atoms with Gasteiger partial charge >= 0.3 is 0 Å². The molecule has 0 saturated heterocycles. The van der Waals surface area contributed by atoms with E-state index in [1.165, 1.54) is 11.1 Å². The summed E-state index contributed by atoms with van der Waals surface area (Å²) >= 11 is 0. The monoisotopic (exact) mass is 228 g/mol. The summed E-state index contributed by atoms with van der Waals surface area (Å²) in [6.45, 7) is 6.00. The van der Waals surface area contributed by atoms with Crippen LogP contribution in [0, 0.1) is 20.8 Å². The van der Waals surface area contributed by atoms with E-state index in [0.717, 1.165) is 17.1 Å². The molecule has 0 atom stereocenters. The summed E-state index contributed by atoms with van der Waals surface area (Å²) in [5, 5.41) is 3.17. The van der Waals surface area contributed by atoms with E-state index < -0.39 is 0 Å². The molecule has 0 aliphatic rings. The number of hydrogen-bond acceptors (Lipinski definition) is 4. The minimum Gasteiger partial charge on any atom is -0.397 e. The van der Waals surface area contributed by atoms with Crippen LogP contribution < -0.4 is 11.1 Å². The minimum absolute atomic E-state index is 0.700. The number of rotatable bonds is 2. The normalized spacial score (nSPS) is 10.3. The summed E-state index contributed by atoms with van der Waals surface area (Å²) in [5.74, 6) is 0.700. The van der Waals surface area contributed by atoms with Crippen molar-refractivity contribution in [3.63, 3.8) is 0 Å². The minimum atomic E-state index is 0.700. The lowest BCUT2D eigenvalue weighted by molar-refractivity contribution is 1.12. The molecular formula is C13H16N4. The zero-order valence-corrected chi connectivity index (χ0v) is 10.3. The topological polar surface area (TPSA) is 63.8 Å². The van der Waals surface area contributed by atoms with Gasteiger partial charge in [0.15, 0.2) is 0 Å². The van der Waals surface area contributed by atoms with Crippen LogP contribution in [0.25, 0.3) is 0 Å². The van der Waals surface area contributed by atoms with Gasteiger partial charge in [-0.2, -0.15) is 0 Å². The number of hydrogen-bond donors (Lipinski definition) is 2. The molecule has 0 aliphatic carbocycles. The summed E-state index contributed by atoms with van der Waals surface area (Å²) in [4.78, 5) is 8.42. The zero-order valence-electron chi connectivity index (χ0n) is 10.3. The fourth-order valence-electron chi connectivity index (χ4n) is 1.54. The standard InChI is InChI=1S/C13H16N4/c1-8-4-11(14)12(5-9(8)2)17-13-7-15-10(3)6-16-13/h4-7H,14H2,1-3H3,(H,16,17). The van der Waals surface area contributed by atoms with Crippen LogP contribution in [0.4, 0.5) is 17.2 Å². The molecule has 17 heavy (non-hydrogen) atoms. The Balaban J connectivity index is 2.30. The second-order valence-corrected chi connectivity index (χ2v) is 4.19. The number of nitrogens with two attached hydrogens (primary N) is 1. The van der Waals surface area contributed by atoms with E-state index in [4.69, 9.17) is 5.73 Å². The average Bonchev–Trinajstić information content (AvgIpc) is 2.29. The Morgan fingerprint density at radius 2 is 1.71 bits per heavy atom. The van der Waals surface area contributed by atoms with Crippen LogP contribution in [0.2, 0.25) is 0 Å². The van der Waals surface area contributed by atoms with Crippen molar-refractivity contribution < 1.29 is 0 Å². The highest BCUT2D eigenvalue weighted by Crippen LogP contribution is 2.25. The van der Waals surface area contributed by atoms with Crippen LogP contribution in [0.5, 0.6) is 0 Å². The number of anilines is 3. The molecule has 1 aromatic heterocycles. The van der Waals surface area contributed by atoms with Gasteiger partial charge < -0.3 is 11.1 Å². The number of aromatic nitrogens is 2. The summed E-state index contributed by atoms with van der Waals surface area (Å²) < 4.78 is 0. The van der Waals surface area contributed by atoms with Crippen LogP contribution in [0.1, 0.15) is 16.8 Å².